The van der Waals surface area contributed by atoms with Gasteiger partial charge in [-0.1, -0.05) is 30.3 Å². The Morgan fingerprint density at radius 1 is 1.25 bits per heavy atom. The summed E-state index contributed by atoms with van der Waals surface area (Å²) in [5.74, 6) is -1.62. The van der Waals surface area contributed by atoms with Crippen LogP contribution in [0.4, 0.5) is 14.9 Å². The van der Waals surface area contributed by atoms with Crippen LogP contribution in [-0.2, 0) is 22.5 Å². The van der Waals surface area contributed by atoms with Crippen molar-refractivity contribution in [1.29, 1.82) is 0 Å². The fourth-order valence-electron chi connectivity index (χ4n) is 5.97. The predicted molar refractivity (Wildman–Crippen MR) is 129 cm³/mol. The topological polar surface area (TPSA) is 111 Å². The largest absolute Gasteiger partial charge is 0.372 e. The van der Waals surface area contributed by atoms with Crippen molar-refractivity contribution < 1.29 is 28.6 Å². The van der Waals surface area contributed by atoms with Crippen molar-refractivity contribution in [1.82, 2.24) is 15.5 Å². The van der Waals surface area contributed by atoms with E-state index in [1.165, 1.54) is 11.0 Å². The van der Waals surface area contributed by atoms with Crippen molar-refractivity contribution in [3.05, 3.63) is 65.0 Å². The molecule has 5 atom stereocenters. The summed E-state index contributed by atoms with van der Waals surface area (Å²) in [5.41, 5.74) is 0.232. The third-order valence-corrected chi connectivity index (χ3v) is 7.38. The molecule has 9 nitrogen and oxygen atoms in total. The summed E-state index contributed by atoms with van der Waals surface area (Å²) in [4.78, 5) is 41.7. The number of urea groups is 1. The Hall–Kier alpha value is -3.50. The van der Waals surface area contributed by atoms with Crippen molar-refractivity contribution in [2.24, 2.45) is 5.41 Å². The lowest BCUT2D eigenvalue weighted by Gasteiger charge is -2.57. The second-order valence-corrected chi connectivity index (χ2v) is 9.91. The van der Waals surface area contributed by atoms with Gasteiger partial charge in [0.1, 0.15) is 17.5 Å². The third-order valence-electron chi connectivity index (χ3n) is 7.38. The number of benzene rings is 2. The Morgan fingerprint density at radius 2 is 1.97 bits per heavy atom. The quantitative estimate of drug-likeness (QED) is 0.598. The molecule has 0 aromatic heterocycles. The minimum absolute atomic E-state index is 0.0840. The first kappa shape index (κ1) is 24.2. The second-order valence-electron chi connectivity index (χ2n) is 9.91. The van der Waals surface area contributed by atoms with E-state index >= 15 is 4.39 Å². The number of hydrogen-bond donors (Lipinski definition) is 3. The van der Waals surface area contributed by atoms with Crippen LogP contribution in [-0.4, -0.2) is 65.9 Å². The first-order chi connectivity index (χ1) is 17.1. The molecule has 0 bridgehead atoms. The number of morpholine rings is 1. The van der Waals surface area contributed by atoms with E-state index in [0.717, 1.165) is 5.56 Å². The van der Waals surface area contributed by atoms with Gasteiger partial charge in [0.05, 0.1) is 23.9 Å². The van der Waals surface area contributed by atoms with Crippen LogP contribution in [0, 0.1) is 11.2 Å². The highest BCUT2D eigenvalue weighted by atomic mass is 19.1. The molecule has 3 heterocycles. The van der Waals surface area contributed by atoms with Gasteiger partial charge < -0.3 is 25.0 Å². The summed E-state index contributed by atoms with van der Waals surface area (Å²) in [6, 6.07) is 10.7. The van der Waals surface area contributed by atoms with Gasteiger partial charge in [-0.15, -0.1) is 0 Å². The normalized spacial score (nSPS) is 29.2. The fourth-order valence-corrected chi connectivity index (χ4v) is 5.97. The Bertz CT molecular complexity index is 1220. The van der Waals surface area contributed by atoms with Gasteiger partial charge in [-0.3, -0.25) is 14.9 Å². The van der Waals surface area contributed by atoms with Crippen LogP contribution in [0.1, 0.15) is 35.3 Å². The molecule has 3 N–H and O–H groups in total. The summed E-state index contributed by atoms with van der Waals surface area (Å²) < 4.78 is 21.7. The number of halogens is 1. The van der Waals surface area contributed by atoms with E-state index in [-0.39, 0.29) is 36.2 Å². The van der Waals surface area contributed by atoms with Crippen molar-refractivity contribution in [3.8, 4) is 0 Å². The minimum atomic E-state index is -1.54. The number of aliphatic hydroxyl groups excluding tert-OH is 1. The zero-order valence-electron chi connectivity index (χ0n) is 20.3. The van der Waals surface area contributed by atoms with Gasteiger partial charge in [0.15, 0.2) is 0 Å². The van der Waals surface area contributed by atoms with Crippen LogP contribution in [0.15, 0.2) is 42.5 Å². The molecule has 1 unspecified atom stereocenters. The highest BCUT2D eigenvalue weighted by molar-refractivity contribution is 6.02. The number of aliphatic hydroxyl groups is 1. The van der Waals surface area contributed by atoms with Crippen molar-refractivity contribution in [3.63, 3.8) is 0 Å². The maximum Gasteiger partial charge on any atom is 0.323 e. The van der Waals surface area contributed by atoms with Crippen LogP contribution in [0.5, 0.6) is 0 Å². The fraction of sp³-hybridized carbons (Fsp3) is 0.423. The van der Waals surface area contributed by atoms with E-state index in [9.17, 15) is 19.5 Å². The number of hydrogen-bond acceptors (Lipinski definition) is 6. The number of carbonyl (C=O) groups is 3. The Labute approximate surface area is 208 Å². The number of anilines is 1. The Morgan fingerprint density at radius 3 is 2.67 bits per heavy atom. The summed E-state index contributed by atoms with van der Waals surface area (Å²) in [6.07, 6.45) is -2.42. The van der Waals surface area contributed by atoms with Crippen LogP contribution < -0.4 is 15.5 Å². The van der Waals surface area contributed by atoms with Gasteiger partial charge in [0.2, 0.25) is 5.91 Å². The van der Waals surface area contributed by atoms with Crippen LogP contribution in [0.3, 0.4) is 0 Å². The van der Waals surface area contributed by atoms with Gasteiger partial charge >= 0.3 is 6.03 Å². The first-order valence-corrected chi connectivity index (χ1v) is 12.0. The van der Waals surface area contributed by atoms with Crippen LogP contribution in [0.2, 0.25) is 0 Å². The monoisotopic (exact) mass is 496 g/mol. The van der Waals surface area contributed by atoms with Crippen LogP contribution >= 0.6 is 0 Å². The van der Waals surface area contributed by atoms with E-state index in [4.69, 9.17) is 4.74 Å². The lowest BCUT2D eigenvalue weighted by Crippen LogP contribution is -2.76. The molecule has 2 aromatic rings. The molecule has 190 valence electrons. The summed E-state index contributed by atoms with van der Waals surface area (Å²) in [6.45, 7) is 4.23. The van der Waals surface area contributed by atoms with E-state index in [1.807, 2.05) is 37.3 Å². The molecule has 2 fully saturated rings. The maximum atomic E-state index is 15.7. The number of ether oxygens (including phenoxy) is 1. The molecule has 2 saturated heterocycles. The minimum Gasteiger partial charge on any atom is -0.372 e. The number of imide groups is 1. The zero-order valence-corrected chi connectivity index (χ0v) is 20.3. The molecule has 0 aliphatic carbocycles. The average molecular weight is 497 g/mol. The van der Waals surface area contributed by atoms with Gasteiger partial charge in [-0.25, -0.2) is 9.18 Å². The highest BCUT2D eigenvalue weighted by Gasteiger charge is 2.62. The number of nitrogens with zero attached hydrogens (tertiary/aromatic N) is 2. The van der Waals surface area contributed by atoms with Gasteiger partial charge in [-0.05, 0) is 43.5 Å². The number of nitrogens with one attached hydrogen (secondary N) is 2. The van der Waals surface area contributed by atoms with Gasteiger partial charge in [0.25, 0.3) is 5.91 Å². The lowest BCUT2D eigenvalue weighted by molar-refractivity contribution is -0.155. The predicted octanol–water partition coefficient (Wildman–Crippen LogP) is 1.78. The second kappa shape index (κ2) is 8.86. The molecule has 10 heteroatoms. The smallest absolute Gasteiger partial charge is 0.323 e. The van der Waals surface area contributed by atoms with Crippen LogP contribution in [0.25, 0.3) is 0 Å². The first-order valence-electron chi connectivity index (χ1n) is 12.0. The average Bonchev–Trinajstić information content (AvgIpc) is 2.81. The summed E-state index contributed by atoms with van der Waals surface area (Å²) in [7, 11) is 1.64. The standard InChI is InChI=1S/C26H29FN4O5/c1-14-12-31-20-18(11-26(21(31)15(2)36-14)23(33)28-25(35)29-24(26)34)9-17(10-19(20)27)22(32)30(3)13-16-7-5-4-6-8-16/h4-10,14-15,21,23,33H,11-13H2,1-3H3,(H2,28,29,34,35)/t14-,15+,21-,23?,26-/m1/s1. The molecule has 4 amide bonds. The summed E-state index contributed by atoms with van der Waals surface area (Å²) in [5, 5.41) is 15.7. The van der Waals surface area contributed by atoms with E-state index in [0.29, 0.717) is 12.1 Å². The molecule has 1 spiro atoms. The highest BCUT2D eigenvalue weighted by Crippen LogP contribution is 2.49. The summed E-state index contributed by atoms with van der Waals surface area (Å²) >= 11 is 0. The number of rotatable bonds is 3. The molecule has 0 saturated carbocycles. The number of carbonyl (C=O) groups excluding carboxylic acids is 3. The Balaban J connectivity index is 1.57. The van der Waals surface area contributed by atoms with E-state index in [1.54, 1.807) is 24.9 Å². The molecule has 3 aliphatic rings. The van der Waals surface area contributed by atoms with E-state index < -0.39 is 41.5 Å². The molecular weight excluding hydrogens is 467 g/mol. The third kappa shape index (κ3) is 3.81. The van der Waals surface area contributed by atoms with Crippen molar-refractivity contribution in [2.75, 3.05) is 18.5 Å². The van der Waals surface area contributed by atoms with Crippen molar-refractivity contribution in [2.45, 2.75) is 51.3 Å². The molecular formula is C26H29FN4O5. The molecule has 5 rings (SSSR count). The van der Waals surface area contributed by atoms with Gasteiger partial charge in [-0.2, -0.15) is 0 Å². The number of fused-ring (bicyclic) bond motifs is 4. The molecule has 0 radical (unpaired) electrons. The number of amides is 4. The van der Waals surface area contributed by atoms with Gasteiger partial charge in [0, 0.05) is 25.7 Å². The molecule has 36 heavy (non-hydrogen) atoms. The SMILES string of the molecule is C[C@@H]1CN2c3c(F)cc(C(=O)N(C)Cc4ccccc4)cc3C[C@@]3(C(=O)NC(=O)NC3O)[C@H]2[C@H](C)O1. The Kier molecular flexibility index (Phi) is 5.96. The lowest BCUT2D eigenvalue weighted by atomic mass is 9.66. The molecule has 3 aliphatic heterocycles. The van der Waals surface area contributed by atoms with E-state index in [2.05, 4.69) is 10.6 Å². The zero-order chi connectivity index (χ0) is 25.8. The molecule has 2 aromatic carbocycles. The maximum absolute atomic E-state index is 15.7. The van der Waals surface area contributed by atoms with Crippen molar-refractivity contribution >= 4 is 23.5 Å².